The normalized spacial score (nSPS) is 16.5. The number of aromatic nitrogens is 3. The van der Waals surface area contributed by atoms with E-state index >= 15 is 0 Å². The van der Waals surface area contributed by atoms with Gasteiger partial charge in [-0.15, -0.1) is 12.4 Å². The third kappa shape index (κ3) is 4.93. The molecule has 3 heterocycles. The van der Waals surface area contributed by atoms with Crippen LogP contribution in [0.1, 0.15) is 30.9 Å². The first-order chi connectivity index (χ1) is 14.5. The van der Waals surface area contributed by atoms with E-state index in [1.807, 2.05) is 24.4 Å². The van der Waals surface area contributed by atoms with Crippen molar-refractivity contribution in [2.24, 2.45) is 5.73 Å². The first kappa shape index (κ1) is 23.3. The number of amides is 1. The second kappa shape index (κ2) is 9.82. The van der Waals surface area contributed by atoms with Crippen LogP contribution in [-0.2, 0) is 4.79 Å². The number of fused-ring (bicyclic) bond motifs is 1. The lowest BCUT2D eigenvalue weighted by Gasteiger charge is -2.39. The van der Waals surface area contributed by atoms with Gasteiger partial charge in [0.25, 0.3) is 0 Å². The molecular weight excluding hydrogens is 439 g/mol. The molecule has 1 aromatic carbocycles. The van der Waals surface area contributed by atoms with Crippen molar-refractivity contribution in [2.75, 3.05) is 24.6 Å². The molecule has 31 heavy (non-hydrogen) atoms. The van der Waals surface area contributed by atoms with Crippen molar-refractivity contribution in [1.82, 2.24) is 20.3 Å². The van der Waals surface area contributed by atoms with Gasteiger partial charge in [0.1, 0.15) is 17.8 Å². The summed E-state index contributed by atoms with van der Waals surface area (Å²) in [6.45, 7) is 1.19. The molecule has 0 unspecified atom stereocenters. The second-order valence-corrected chi connectivity index (χ2v) is 8.11. The molecule has 10 heteroatoms. The highest BCUT2D eigenvalue weighted by Crippen LogP contribution is 2.29. The van der Waals surface area contributed by atoms with E-state index in [1.165, 1.54) is 6.33 Å². The van der Waals surface area contributed by atoms with Gasteiger partial charge in [-0.1, -0.05) is 23.7 Å². The predicted octanol–water partition coefficient (Wildman–Crippen LogP) is 2.57. The molecule has 3 aromatic rings. The summed E-state index contributed by atoms with van der Waals surface area (Å²) in [5.41, 5.74) is 7.23. The van der Waals surface area contributed by atoms with Crippen LogP contribution in [0.25, 0.3) is 11.0 Å². The molecule has 1 atom stereocenters. The van der Waals surface area contributed by atoms with Gasteiger partial charge in [-0.2, -0.15) is 0 Å². The molecule has 0 bridgehead atoms. The van der Waals surface area contributed by atoms with Crippen LogP contribution >= 0.6 is 24.0 Å². The van der Waals surface area contributed by atoms with Crippen LogP contribution in [0.4, 0.5) is 5.82 Å². The number of carbonyl (C=O) groups is 1. The van der Waals surface area contributed by atoms with Gasteiger partial charge in [-0.3, -0.25) is 4.79 Å². The monoisotopic (exact) mass is 464 g/mol. The molecule has 0 spiro atoms. The van der Waals surface area contributed by atoms with E-state index in [0.717, 1.165) is 22.4 Å². The number of hydrogen-bond acceptors (Lipinski definition) is 6. The van der Waals surface area contributed by atoms with Crippen molar-refractivity contribution in [3.8, 4) is 0 Å². The van der Waals surface area contributed by atoms with Crippen molar-refractivity contribution in [3.05, 3.63) is 53.4 Å². The predicted molar refractivity (Wildman–Crippen MR) is 124 cm³/mol. The Bertz CT molecular complexity index is 1020. The van der Waals surface area contributed by atoms with Crippen LogP contribution < -0.4 is 16.0 Å². The Morgan fingerprint density at radius 3 is 2.65 bits per heavy atom. The quantitative estimate of drug-likeness (QED) is 0.444. The summed E-state index contributed by atoms with van der Waals surface area (Å²) >= 11 is 5.96. The Morgan fingerprint density at radius 1 is 1.26 bits per heavy atom. The van der Waals surface area contributed by atoms with Crippen molar-refractivity contribution >= 4 is 46.8 Å². The number of rotatable bonds is 6. The van der Waals surface area contributed by atoms with Crippen LogP contribution in [-0.4, -0.2) is 51.2 Å². The number of H-pyrrole nitrogens is 1. The molecular formula is C21H26Cl2N6O2. The molecule has 1 fully saturated rings. The first-order valence-electron chi connectivity index (χ1n) is 9.99. The van der Waals surface area contributed by atoms with Gasteiger partial charge in [0.15, 0.2) is 0 Å². The molecule has 0 aliphatic carbocycles. The minimum Gasteiger partial charge on any atom is -0.396 e. The van der Waals surface area contributed by atoms with Crippen molar-refractivity contribution in [1.29, 1.82) is 0 Å². The lowest BCUT2D eigenvalue weighted by Crippen LogP contribution is -2.60. The Kier molecular flexibility index (Phi) is 7.38. The summed E-state index contributed by atoms with van der Waals surface area (Å²) < 4.78 is 0. The van der Waals surface area contributed by atoms with Crippen molar-refractivity contribution in [3.63, 3.8) is 0 Å². The van der Waals surface area contributed by atoms with Crippen LogP contribution in [0.15, 0.2) is 42.9 Å². The van der Waals surface area contributed by atoms with Crippen LogP contribution in [0, 0.1) is 0 Å². The van der Waals surface area contributed by atoms with E-state index < -0.39 is 5.54 Å². The van der Waals surface area contributed by atoms with Crippen molar-refractivity contribution < 1.29 is 9.90 Å². The van der Waals surface area contributed by atoms with Gasteiger partial charge in [-0.05, 0) is 43.0 Å². The fourth-order valence-corrected chi connectivity index (χ4v) is 4.03. The van der Waals surface area contributed by atoms with Gasteiger partial charge in [0, 0.05) is 30.9 Å². The second-order valence-electron chi connectivity index (χ2n) is 7.67. The highest BCUT2D eigenvalue weighted by atomic mass is 35.5. The number of aromatic amines is 1. The maximum Gasteiger partial charge on any atom is 0.240 e. The highest BCUT2D eigenvalue weighted by molar-refractivity contribution is 6.30. The molecule has 8 nitrogen and oxygen atoms in total. The van der Waals surface area contributed by atoms with Gasteiger partial charge in [0.05, 0.1) is 17.0 Å². The summed E-state index contributed by atoms with van der Waals surface area (Å²) in [7, 11) is 0. The standard InChI is InChI=1S/C21H25ClN6O2.ClH/c22-15-3-1-14(2-4-15)17(6-12-29)27-20(30)21(23)7-10-28(11-8-21)19-16-5-9-24-18(16)25-13-26-19;/h1-5,9,13,17,29H,6-8,10-12,23H2,(H,27,30)(H,24,25,26);1H/t17-;/m0./s1. The highest BCUT2D eigenvalue weighted by Gasteiger charge is 2.39. The molecule has 1 aliphatic rings. The minimum atomic E-state index is -0.971. The number of hydrogen-bond donors (Lipinski definition) is 4. The first-order valence-corrected chi connectivity index (χ1v) is 10.4. The zero-order valence-corrected chi connectivity index (χ0v) is 18.5. The third-order valence-electron chi connectivity index (χ3n) is 5.74. The zero-order chi connectivity index (χ0) is 21.1. The number of nitrogens with two attached hydrogens (primary N) is 1. The number of piperidine rings is 1. The topological polar surface area (TPSA) is 120 Å². The molecule has 2 aromatic heterocycles. The lowest BCUT2D eigenvalue weighted by molar-refractivity contribution is -0.128. The minimum absolute atomic E-state index is 0. The molecule has 1 saturated heterocycles. The average Bonchev–Trinajstić information content (AvgIpc) is 3.24. The Morgan fingerprint density at radius 2 is 1.97 bits per heavy atom. The smallest absolute Gasteiger partial charge is 0.240 e. The molecule has 166 valence electrons. The largest absolute Gasteiger partial charge is 0.396 e. The van der Waals surface area contributed by atoms with E-state index in [1.54, 1.807) is 12.1 Å². The maximum absolute atomic E-state index is 13.1. The van der Waals surface area contributed by atoms with Gasteiger partial charge >= 0.3 is 0 Å². The van der Waals surface area contributed by atoms with E-state index in [0.29, 0.717) is 37.4 Å². The zero-order valence-electron chi connectivity index (χ0n) is 16.9. The number of nitrogens with one attached hydrogen (secondary N) is 2. The van der Waals surface area contributed by atoms with Gasteiger partial charge < -0.3 is 26.0 Å². The summed E-state index contributed by atoms with van der Waals surface area (Å²) in [6.07, 6.45) is 4.78. The third-order valence-corrected chi connectivity index (χ3v) is 5.99. The molecule has 1 amide bonds. The van der Waals surface area contributed by atoms with Crippen LogP contribution in [0.3, 0.4) is 0 Å². The number of nitrogens with zero attached hydrogens (tertiary/aromatic N) is 3. The number of anilines is 1. The number of benzene rings is 1. The molecule has 5 N–H and O–H groups in total. The molecule has 0 saturated carbocycles. The number of halogens is 2. The number of aliphatic hydroxyl groups excluding tert-OH is 1. The maximum atomic E-state index is 13.1. The Labute approximate surface area is 191 Å². The van der Waals surface area contributed by atoms with Gasteiger partial charge in [0.2, 0.25) is 5.91 Å². The van der Waals surface area contributed by atoms with Crippen LogP contribution in [0.2, 0.25) is 5.02 Å². The Hall–Kier alpha value is -2.39. The van der Waals surface area contributed by atoms with E-state index in [2.05, 4.69) is 25.2 Å². The van der Waals surface area contributed by atoms with E-state index in [9.17, 15) is 9.90 Å². The fraction of sp³-hybridized carbons (Fsp3) is 0.381. The van der Waals surface area contributed by atoms with E-state index in [4.69, 9.17) is 17.3 Å². The molecule has 4 rings (SSSR count). The summed E-state index contributed by atoms with van der Waals surface area (Å²) in [5.74, 6) is 0.646. The molecule has 0 radical (unpaired) electrons. The SMILES string of the molecule is Cl.NC1(C(=O)N[C@@H](CCO)c2ccc(Cl)cc2)CCN(c2ncnc3[nH]ccc23)CC1. The Balaban J connectivity index is 0.00000272. The summed E-state index contributed by atoms with van der Waals surface area (Å²) in [6, 6.07) is 8.88. The van der Waals surface area contributed by atoms with Crippen molar-refractivity contribution in [2.45, 2.75) is 30.8 Å². The van der Waals surface area contributed by atoms with Crippen LogP contribution in [0.5, 0.6) is 0 Å². The number of aliphatic hydroxyl groups is 1. The average molecular weight is 465 g/mol. The van der Waals surface area contributed by atoms with E-state index in [-0.39, 0.29) is 31.0 Å². The summed E-state index contributed by atoms with van der Waals surface area (Å²) in [4.78, 5) is 27.0. The van der Waals surface area contributed by atoms with Gasteiger partial charge in [-0.25, -0.2) is 9.97 Å². The fourth-order valence-electron chi connectivity index (χ4n) is 3.90. The lowest BCUT2D eigenvalue weighted by atomic mass is 9.87. The molecule has 1 aliphatic heterocycles. The summed E-state index contributed by atoms with van der Waals surface area (Å²) in [5, 5.41) is 14.0. The number of carbonyl (C=O) groups excluding carboxylic acids is 1.